The summed E-state index contributed by atoms with van der Waals surface area (Å²) in [5, 5.41) is 3.01. The Morgan fingerprint density at radius 3 is 2.92 bits per heavy atom. The lowest BCUT2D eigenvalue weighted by Crippen LogP contribution is -2.35. The van der Waals surface area contributed by atoms with Crippen LogP contribution in [0.3, 0.4) is 0 Å². The van der Waals surface area contributed by atoms with Crippen LogP contribution in [0.2, 0.25) is 0 Å². The van der Waals surface area contributed by atoms with Crippen molar-refractivity contribution in [3.63, 3.8) is 0 Å². The zero-order chi connectivity index (χ0) is 17.1. The third-order valence-electron chi connectivity index (χ3n) is 5.09. The maximum absolute atomic E-state index is 12.7. The number of aromatic nitrogens is 1. The second-order valence-corrected chi connectivity index (χ2v) is 6.92. The van der Waals surface area contributed by atoms with E-state index in [0.717, 1.165) is 26.1 Å². The predicted octanol–water partition coefficient (Wildman–Crippen LogP) is 3.29. The summed E-state index contributed by atoms with van der Waals surface area (Å²) in [6.45, 7) is 5.20. The van der Waals surface area contributed by atoms with E-state index in [-0.39, 0.29) is 6.03 Å². The van der Waals surface area contributed by atoms with Gasteiger partial charge in [0.25, 0.3) is 0 Å². The van der Waals surface area contributed by atoms with Crippen molar-refractivity contribution < 1.29 is 9.21 Å². The molecular weight excluding hydrogens is 316 g/mol. The molecule has 0 spiro atoms. The number of furan rings is 1. The van der Waals surface area contributed by atoms with Gasteiger partial charge in [-0.3, -0.25) is 4.98 Å². The Morgan fingerprint density at radius 2 is 2.12 bits per heavy atom. The van der Waals surface area contributed by atoms with Crippen LogP contribution in [0.25, 0.3) is 11.5 Å². The van der Waals surface area contributed by atoms with Crippen molar-refractivity contribution in [2.75, 3.05) is 38.0 Å². The van der Waals surface area contributed by atoms with E-state index in [4.69, 9.17) is 4.42 Å². The zero-order valence-electron chi connectivity index (χ0n) is 14.4. The monoisotopic (exact) mass is 340 g/mol. The van der Waals surface area contributed by atoms with Crippen LogP contribution in [-0.2, 0) is 0 Å². The van der Waals surface area contributed by atoms with E-state index in [9.17, 15) is 4.79 Å². The number of rotatable bonds is 4. The van der Waals surface area contributed by atoms with Crippen LogP contribution >= 0.6 is 0 Å². The molecule has 2 aromatic rings. The molecule has 0 radical (unpaired) electrons. The molecule has 6 nitrogen and oxygen atoms in total. The topological polar surface area (TPSA) is 61.6 Å². The van der Waals surface area contributed by atoms with Crippen LogP contribution < -0.4 is 5.32 Å². The van der Waals surface area contributed by atoms with Gasteiger partial charge in [0.05, 0.1) is 12.0 Å². The third kappa shape index (κ3) is 3.69. The summed E-state index contributed by atoms with van der Waals surface area (Å²) < 4.78 is 5.43. The lowest BCUT2D eigenvalue weighted by Gasteiger charge is -2.21. The molecule has 0 aromatic carbocycles. The molecule has 6 heteroatoms. The van der Waals surface area contributed by atoms with E-state index in [1.807, 2.05) is 29.2 Å². The molecule has 2 saturated heterocycles. The van der Waals surface area contributed by atoms with Gasteiger partial charge in [0.2, 0.25) is 0 Å². The number of nitrogens with zero attached hydrogens (tertiary/aromatic N) is 3. The first-order valence-corrected chi connectivity index (χ1v) is 9.07. The Hall–Kier alpha value is -2.34. The molecule has 2 aliphatic heterocycles. The smallest absolute Gasteiger partial charge is 0.321 e. The largest absolute Gasteiger partial charge is 0.463 e. The maximum atomic E-state index is 12.7. The number of urea groups is 1. The number of hydrogen-bond donors (Lipinski definition) is 1. The van der Waals surface area contributed by atoms with Gasteiger partial charge in [-0.05, 0) is 62.5 Å². The van der Waals surface area contributed by atoms with E-state index in [0.29, 0.717) is 23.1 Å². The lowest BCUT2D eigenvalue weighted by atomic mass is 10.1. The summed E-state index contributed by atoms with van der Waals surface area (Å²) in [7, 11) is 0. The first-order chi connectivity index (χ1) is 12.3. The molecule has 4 heterocycles. The van der Waals surface area contributed by atoms with Crippen molar-refractivity contribution in [1.29, 1.82) is 0 Å². The molecule has 25 heavy (non-hydrogen) atoms. The van der Waals surface area contributed by atoms with Gasteiger partial charge in [0, 0.05) is 25.8 Å². The molecule has 2 aliphatic rings. The molecule has 1 unspecified atom stereocenters. The fourth-order valence-corrected chi connectivity index (χ4v) is 3.81. The molecule has 1 atom stereocenters. The summed E-state index contributed by atoms with van der Waals surface area (Å²) in [6, 6.07) is 7.30. The molecule has 0 aliphatic carbocycles. The Balaban J connectivity index is 1.38. The van der Waals surface area contributed by atoms with E-state index in [1.165, 1.54) is 25.9 Å². The van der Waals surface area contributed by atoms with E-state index >= 15 is 0 Å². The molecule has 2 amide bonds. The molecule has 2 fully saturated rings. The lowest BCUT2D eigenvalue weighted by molar-refractivity contribution is 0.217. The van der Waals surface area contributed by atoms with Gasteiger partial charge >= 0.3 is 6.03 Å². The molecule has 132 valence electrons. The van der Waals surface area contributed by atoms with E-state index in [2.05, 4.69) is 15.2 Å². The Bertz CT molecular complexity index is 710. The van der Waals surface area contributed by atoms with Crippen molar-refractivity contribution in [3.05, 3.63) is 36.7 Å². The first-order valence-electron chi connectivity index (χ1n) is 9.07. The van der Waals surface area contributed by atoms with Gasteiger partial charge in [0.15, 0.2) is 5.76 Å². The number of pyridine rings is 1. The molecule has 2 aromatic heterocycles. The molecule has 4 rings (SSSR count). The standard InChI is InChI=1S/C19H24N4O2/c24-19(23-11-7-15(14-23)13-22-9-1-2-10-22)21-16-5-3-8-20-18(16)17-6-4-12-25-17/h3-6,8,12,15H,1-2,7,9-11,13-14H2,(H,21,24). The number of carbonyl (C=O) groups excluding carboxylic acids is 1. The van der Waals surface area contributed by atoms with Crippen molar-refractivity contribution >= 4 is 11.7 Å². The quantitative estimate of drug-likeness (QED) is 0.928. The van der Waals surface area contributed by atoms with Crippen LogP contribution in [-0.4, -0.2) is 53.5 Å². The minimum absolute atomic E-state index is 0.0512. The molecule has 1 N–H and O–H groups in total. The minimum Gasteiger partial charge on any atom is -0.463 e. The average Bonchev–Trinajstić information content (AvgIpc) is 3.39. The predicted molar refractivity (Wildman–Crippen MR) is 96.3 cm³/mol. The van der Waals surface area contributed by atoms with Crippen molar-refractivity contribution in [2.24, 2.45) is 5.92 Å². The number of carbonyl (C=O) groups is 1. The van der Waals surface area contributed by atoms with Gasteiger partial charge in [-0.25, -0.2) is 4.79 Å². The molecule has 0 bridgehead atoms. The highest BCUT2D eigenvalue weighted by Crippen LogP contribution is 2.27. The van der Waals surface area contributed by atoms with Crippen LogP contribution in [0.5, 0.6) is 0 Å². The van der Waals surface area contributed by atoms with Crippen molar-refractivity contribution in [1.82, 2.24) is 14.8 Å². The summed E-state index contributed by atoms with van der Waals surface area (Å²) in [4.78, 5) is 21.5. The van der Waals surface area contributed by atoms with Crippen molar-refractivity contribution in [2.45, 2.75) is 19.3 Å². The Labute approximate surface area is 147 Å². The van der Waals surface area contributed by atoms with Gasteiger partial charge < -0.3 is 19.5 Å². The van der Waals surface area contributed by atoms with Crippen LogP contribution in [0, 0.1) is 5.92 Å². The van der Waals surface area contributed by atoms with Gasteiger partial charge in [-0.2, -0.15) is 0 Å². The third-order valence-corrected chi connectivity index (χ3v) is 5.09. The molecular formula is C19H24N4O2. The second-order valence-electron chi connectivity index (χ2n) is 6.92. The number of nitrogens with one attached hydrogen (secondary N) is 1. The van der Waals surface area contributed by atoms with Crippen LogP contribution in [0.15, 0.2) is 41.1 Å². The second kappa shape index (κ2) is 7.27. The fraction of sp³-hybridized carbons (Fsp3) is 0.474. The summed E-state index contributed by atoms with van der Waals surface area (Å²) in [5.74, 6) is 1.24. The fourth-order valence-electron chi connectivity index (χ4n) is 3.81. The summed E-state index contributed by atoms with van der Waals surface area (Å²) in [5.41, 5.74) is 1.35. The number of likely N-dealkylation sites (tertiary alicyclic amines) is 2. The highest BCUT2D eigenvalue weighted by Gasteiger charge is 2.28. The minimum atomic E-state index is -0.0512. The van der Waals surface area contributed by atoms with Crippen LogP contribution in [0.4, 0.5) is 10.5 Å². The Morgan fingerprint density at radius 1 is 1.24 bits per heavy atom. The van der Waals surface area contributed by atoms with Gasteiger partial charge in [-0.15, -0.1) is 0 Å². The summed E-state index contributed by atoms with van der Waals surface area (Å²) >= 11 is 0. The Kier molecular flexibility index (Phi) is 4.70. The maximum Gasteiger partial charge on any atom is 0.321 e. The highest BCUT2D eigenvalue weighted by molar-refractivity contribution is 5.93. The normalized spacial score (nSPS) is 21.0. The van der Waals surface area contributed by atoms with Gasteiger partial charge in [-0.1, -0.05) is 0 Å². The van der Waals surface area contributed by atoms with Gasteiger partial charge in [0.1, 0.15) is 5.69 Å². The van der Waals surface area contributed by atoms with Crippen molar-refractivity contribution in [3.8, 4) is 11.5 Å². The SMILES string of the molecule is O=C(Nc1cccnc1-c1ccco1)N1CCC(CN2CCCC2)C1. The average molecular weight is 340 g/mol. The zero-order valence-corrected chi connectivity index (χ0v) is 14.4. The van der Waals surface area contributed by atoms with Crippen LogP contribution in [0.1, 0.15) is 19.3 Å². The summed E-state index contributed by atoms with van der Waals surface area (Å²) in [6.07, 6.45) is 7.03. The number of amides is 2. The van der Waals surface area contributed by atoms with E-state index < -0.39 is 0 Å². The first kappa shape index (κ1) is 16.1. The number of anilines is 1. The number of hydrogen-bond acceptors (Lipinski definition) is 4. The highest BCUT2D eigenvalue weighted by atomic mass is 16.3. The molecule has 0 saturated carbocycles. The van der Waals surface area contributed by atoms with E-state index in [1.54, 1.807) is 12.5 Å².